The van der Waals surface area contributed by atoms with Crippen LogP contribution in [0.15, 0.2) is 36.5 Å². The smallest absolute Gasteiger partial charge is 0.165 e. The first kappa shape index (κ1) is 12.7. The minimum absolute atomic E-state index is 0.00251. The number of fused-ring (bicyclic) bond motifs is 1. The average Bonchev–Trinajstić information content (AvgIpc) is 3.01. The first-order valence-electron chi connectivity index (χ1n) is 6.72. The lowest BCUT2D eigenvalue weighted by atomic mass is 10.0. The highest BCUT2D eigenvalue weighted by molar-refractivity contribution is 6.00. The Morgan fingerprint density at radius 3 is 2.75 bits per heavy atom. The van der Waals surface area contributed by atoms with Crippen LogP contribution in [0.25, 0.3) is 22.6 Å². The molecule has 0 bridgehead atoms. The van der Waals surface area contributed by atoms with Crippen molar-refractivity contribution in [3.8, 4) is 11.5 Å². The van der Waals surface area contributed by atoms with Gasteiger partial charge in [-0.3, -0.25) is 4.79 Å². The van der Waals surface area contributed by atoms with E-state index in [0.29, 0.717) is 0 Å². The highest BCUT2D eigenvalue weighted by Crippen LogP contribution is 2.22. The monoisotopic (exact) mass is 267 g/mol. The molecule has 102 valence electrons. The zero-order valence-electron chi connectivity index (χ0n) is 11.8. The highest BCUT2D eigenvalue weighted by atomic mass is 16.1. The molecule has 2 aromatic heterocycles. The van der Waals surface area contributed by atoms with Crippen LogP contribution in [0, 0.1) is 5.92 Å². The minimum atomic E-state index is 0.00251. The van der Waals surface area contributed by atoms with E-state index in [4.69, 9.17) is 0 Å². The van der Waals surface area contributed by atoms with E-state index in [0.717, 1.165) is 28.1 Å². The van der Waals surface area contributed by atoms with E-state index in [-0.39, 0.29) is 11.7 Å². The molecule has 4 heteroatoms. The van der Waals surface area contributed by atoms with Gasteiger partial charge in [-0.05, 0) is 30.3 Å². The largest absolute Gasteiger partial charge is 0.348 e. The van der Waals surface area contributed by atoms with Crippen molar-refractivity contribution >= 4 is 16.8 Å². The Hall–Kier alpha value is -2.36. The van der Waals surface area contributed by atoms with Crippen LogP contribution in [0.4, 0.5) is 0 Å². The molecule has 2 heterocycles. The third-order valence-corrected chi connectivity index (χ3v) is 3.48. The molecule has 3 rings (SSSR count). The Bertz CT molecular complexity index is 780. The van der Waals surface area contributed by atoms with Crippen LogP contribution in [-0.2, 0) is 7.05 Å². The number of hydrogen-bond acceptors (Lipinski definition) is 2. The number of ketones is 1. The van der Waals surface area contributed by atoms with Crippen LogP contribution in [0.1, 0.15) is 24.2 Å². The summed E-state index contributed by atoms with van der Waals surface area (Å²) in [4.78, 5) is 19.9. The van der Waals surface area contributed by atoms with Gasteiger partial charge in [-0.25, -0.2) is 4.98 Å². The number of aromatic amines is 1. The predicted molar refractivity (Wildman–Crippen MR) is 79.7 cm³/mol. The maximum absolute atomic E-state index is 12.0. The molecule has 0 aliphatic carbocycles. The summed E-state index contributed by atoms with van der Waals surface area (Å²) in [6, 6.07) is 9.62. The maximum atomic E-state index is 12.0. The molecule has 3 aromatic rings. The second-order valence-electron chi connectivity index (χ2n) is 5.34. The number of nitrogens with zero attached hydrogens (tertiary/aromatic N) is 2. The number of rotatable bonds is 3. The minimum Gasteiger partial charge on any atom is -0.348 e. The normalized spacial score (nSPS) is 11.4. The lowest BCUT2D eigenvalue weighted by Crippen LogP contribution is -2.06. The number of hydrogen-bond donors (Lipinski definition) is 1. The molecule has 1 aromatic carbocycles. The van der Waals surface area contributed by atoms with Gasteiger partial charge in [0.1, 0.15) is 0 Å². The number of carbonyl (C=O) groups is 1. The molecule has 0 aliphatic rings. The summed E-state index contributed by atoms with van der Waals surface area (Å²) in [5, 5.41) is 0. The quantitative estimate of drug-likeness (QED) is 0.739. The van der Waals surface area contributed by atoms with Crippen molar-refractivity contribution < 1.29 is 4.79 Å². The molecule has 0 spiro atoms. The Kier molecular flexibility index (Phi) is 2.93. The number of nitrogens with one attached hydrogen (secondary N) is 1. The van der Waals surface area contributed by atoms with E-state index in [1.54, 1.807) is 0 Å². The van der Waals surface area contributed by atoms with Gasteiger partial charge in [-0.1, -0.05) is 13.8 Å². The van der Waals surface area contributed by atoms with Crippen molar-refractivity contribution in [2.75, 3.05) is 0 Å². The third-order valence-electron chi connectivity index (χ3n) is 3.48. The molecule has 20 heavy (non-hydrogen) atoms. The van der Waals surface area contributed by atoms with E-state index >= 15 is 0 Å². The number of carbonyl (C=O) groups excluding carboxylic acids is 1. The fourth-order valence-electron chi connectivity index (χ4n) is 2.32. The Balaban J connectivity index is 2.08. The molecule has 0 saturated heterocycles. The van der Waals surface area contributed by atoms with Gasteiger partial charge in [0.25, 0.3) is 0 Å². The summed E-state index contributed by atoms with van der Waals surface area (Å²) in [6.07, 6.45) is 1.98. The molecular formula is C16H17N3O. The van der Waals surface area contributed by atoms with Crippen LogP contribution >= 0.6 is 0 Å². The summed E-state index contributed by atoms with van der Waals surface area (Å²) >= 11 is 0. The van der Waals surface area contributed by atoms with E-state index in [9.17, 15) is 4.79 Å². The van der Waals surface area contributed by atoms with Crippen LogP contribution in [0.2, 0.25) is 0 Å². The molecule has 0 radical (unpaired) electrons. The SMILES string of the molecule is CC(C)C(=O)c1ccc2nc(-c3cccn3C)[nH]c2c1. The van der Waals surface area contributed by atoms with Gasteiger partial charge in [0.05, 0.1) is 16.7 Å². The van der Waals surface area contributed by atoms with Crippen molar-refractivity contribution in [3.05, 3.63) is 42.1 Å². The highest BCUT2D eigenvalue weighted by Gasteiger charge is 2.13. The molecule has 0 fully saturated rings. The fraction of sp³-hybridized carbons (Fsp3) is 0.250. The average molecular weight is 267 g/mol. The second kappa shape index (κ2) is 4.63. The summed E-state index contributed by atoms with van der Waals surface area (Å²) in [6.45, 7) is 3.82. The second-order valence-corrected chi connectivity index (χ2v) is 5.34. The first-order valence-corrected chi connectivity index (χ1v) is 6.72. The summed E-state index contributed by atoms with van der Waals surface area (Å²) < 4.78 is 2.01. The van der Waals surface area contributed by atoms with Crippen molar-refractivity contribution in [2.45, 2.75) is 13.8 Å². The molecule has 4 nitrogen and oxygen atoms in total. The van der Waals surface area contributed by atoms with Crippen molar-refractivity contribution in [2.24, 2.45) is 13.0 Å². The summed E-state index contributed by atoms with van der Waals surface area (Å²) in [5.41, 5.74) is 3.53. The fourth-order valence-corrected chi connectivity index (χ4v) is 2.32. The van der Waals surface area contributed by atoms with Crippen LogP contribution in [0.5, 0.6) is 0 Å². The van der Waals surface area contributed by atoms with E-state index in [1.807, 2.05) is 62.0 Å². The zero-order valence-corrected chi connectivity index (χ0v) is 11.8. The topological polar surface area (TPSA) is 50.7 Å². The van der Waals surface area contributed by atoms with Crippen LogP contribution in [0.3, 0.4) is 0 Å². The van der Waals surface area contributed by atoms with Crippen molar-refractivity contribution in [3.63, 3.8) is 0 Å². The third kappa shape index (κ3) is 2.03. The molecule has 0 unspecified atom stereocenters. The first-order chi connectivity index (χ1) is 9.56. The van der Waals surface area contributed by atoms with E-state index < -0.39 is 0 Å². The van der Waals surface area contributed by atoms with Gasteiger partial charge < -0.3 is 9.55 Å². The zero-order chi connectivity index (χ0) is 14.3. The standard InChI is InChI=1S/C16H17N3O/c1-10(2)15(20)11-6-7-12-13(9-11)18-16(17-12)14-5-4-8-19(14)3/h4-10H,1-3H3,(H,17,18). The lowest BCUT2D eigenvalue weighted by Gasteiger charge is -2.03. The van der Waals surface area contributed by atoms with Gasteiger partial charge in [-0.2, -0.15) is 0 Å². The number of H-pyrrole nitrogens is 1. The van der Waals surface area contributed by atoms with Crippen LogP contribution < -0.4 is 0 Å². The summed E-state index contributed by atoms with van der Waals surface area (Å²) in [5.74, 6) is 0.978. The lowest BCUT2D eigenvalue weighted by molar-refractivity contribution is 0.0939. The molecule has 1 N–H and O–H groups in total. The number of benzene rings is 1. The number of Topliss-reactive ketones (excluding diaryl/α,β-unsaturated/α-hetero) is 1. The Morgan fingerprint density at radius 2 is 2.10 bits per heavy atom. The summed E-state index contributed by atoms with van der Waals surface area (Å²) in [7, 11) is 1.98. The van der Waals surface area contributed by atoms with E-state index in [1.165, 1.54) is 0 Å². The van der Waals surface area contributed by atoms with Gasteiger partial charge in [-0.15, -0.1) is 0 Å². The van der Waals surface area contributed by atoms with E-state index in [2.05, 4.69) is 9.97 Å². The predicted octanol–water partition coefficient (Wildman–Crippen LogP) is 3.41. The van der Waals surface area contributed by atoms with Crippen molar-refractivity contribution in [1.82, 2.24) is 14.5 Å². The molecular weight excluding hydrogens is 250 g/mol. The van der Waals surface area contributed by atoms with Crippen LogP contribution in [-0.4, -0.2) is 20.3 Å². The van der Waals surface area contributed by atoms with Gasteiger partial charge in [0, 0.05) is 24.7 Å². The Morgan fingerprint density at radius 1 is 1.30 bits per heavy atom. The van der Waals surface area contributed by atoms with Crippen molar-refractivity contribution in [1.29, 1.82) is 0 Å². The molecule has 0 amide bonds. The maximum Gasteiger partial charge on any atom is 0.165 e. The number of aromatic nitrogens is 3. The number of aryl methyl sites for hydroxylation is 1. The van der Waals surface area contributed by atoms with Gasteiger partial charge >= 0.3 is 0 Å². The molecule has 0 saturated carbocycles. The van der Waals surface area contributed by atoms with Gasteiger partial charge in [0.2, 0.25) is 0 Å². The molecule has 0 atom stereocenters. The Labute approximate surface area is 117 Å². The van der Waals surface area contributed by atoms with Gasteiger partial charge in [0.15, 0.2) is 11.6 Å². The number of imidazole rings is 1. The molecule has 0 aliphatic heterocycles.